The number of pyridine rings is 2. The molecule has 1 aliphatic heterocycles. The van der Waals surface area contributed by atoms with Gasteiger partial charge < -0.3 is 31.9 Å². The molecule has 1 aliphatic carbocycles. The number of piperazine rings is 1. The summed E-state index contributed by atoms with van der Waals surface area (Å²) < 4.78 is 14.7. The molecule has 9 nitrogen and oxygen atoms in total. The van der Waals surface area contributed by atoms with Crippen LogP contribution < -0.4 is 27.0 Å². The Morgan fingerprint density at radius 2 is 1.91 bits per heavy atom. The Bertz CT molecular complexity index is 946. The van der Waals surface area contributed by atoms with Crippen molar-refractivity contribution in [1.29, 1.82) is 0 Å². The van der Waals surface area contributed by atoms with Crippen LogP contribution in [0.1, 0.15) is 36.0 Å². The number of carbonyl (C=O) groups excluding carboxylic acids is 1. The van der Waals surface area contributed by atoms with Gasteiger partial charge in [0.15, 0.2) is 11.6 Å². The van der Waals surface area contributed by atoms with E-state index in [1.165, 1.54) is 0 Å². The van der Waals surface area contributed by atoms with Gasteiger partial charge in [-0.15, -0.1) is 0 Å². The van der Waals surface area contributed by atoms with Crippen LogP contribution in [0.5, 0.6) is 0 Å². The number of nitrogens with one attached hydrogen (secondary N) is 2. The van der Waals surface area contributed by atoms with E-state index in [0.29, 0.717) is 5.69 Å². The first-order valence-electron chi connectivity index (χ1n) is 11.1. The molecule has 2 aliphatic rings. The van der Waals surface area contributed by atoms with E-state index in [-0.39, 0.29) is 29.3 Å². The van der Waals surface area contributed by atoms with Crippen molar-refractivity contribution in [1.82, 2.24) is 14.9 Å². The van der Waals surface area contributed by atoms with Crippen molar-refractivity contribution in [3.8, 4) is 0 Å². The van der Waals surface area contributed by atoms with Crippen LogP contribution in [0.3, 0.4) is 0 Å². The smallest absolute Gasteiger partial charge is 0.252 e. The minimum absolute atomic E-state index is 0.0239. The zero-order chi connectivity index (χ0) is 22.7. The Hall–Kier alpha value is -2.98. The number of amides is 1. The highest BCUT2D eigenvalue weighted by Crippen LogP contribution is 2.27. The van der Waals surface area contributed by atoms with Gasteiger partial charge in [-0.25, -0.2) is 14.4 Å². The lowest BCUT2D eigenvalue weighted by Crippen LogP contribution is -2.44. The quantitative estimate of drug-likeness (QED) is 0.534. The van der Waals surface area contributed by atoms with Gasteiger partial charge in [0.25, 0.3) is 5.91 Å². The SMILES string of the molecule is CN1CCN(c2ccc(Nc3nc(NC4CCCC[C@@H]4N)c(F)cc3C(N)=O)cn2)CC1. The summed E-state index contributed by atoms with van der Waals surface area (Å²) in [6.45, 7) is 3.81. The number of nitrogens with two attached hydrogens (primary N) is 2. The van der Waals surface area contributed by atoms with Gasteiger partial charge in [0.1, 0.15) is 11.6 Å². The van der Waals surface area contributed by atoms with Crippen LogP contribution in [-0.4, -0.2) is 66.1 Å². The van der Waals surface area contributed by atoms with Crippen molar-refractivity contribution in [2.75, 3.05) is 48.8 Å². The third kappa shape index (κ3) is 5.08. The van der Waals surface area contributed by atoms with Gasteiger partial charge in [-0.05, 0) is 38.1 Å². The first kappa shape index (κ1) is 22.2. The van der Waals surface area contributed by atoms with E-state index >= 15 is 0 Å². The Morgan fingerprint density at radius 3 is 2.56 bits per heavy atom. The van der Waals surface area contributed by atoms with Gasteiger partial charge in [-0.1, -0.05) is 12.8 Å². The summed E-state index contributed by atoms with van der Waals surface area (Å²) in [5, 5.41) is 6.19. The minimum Gasteiger partial charge on any atom is -0.365 e. The molecule has 1 saturated carbocycles. The highest BCUT2D eigenvalue weighted by molar-refractivity contribution is 5.98. The fourth-order valence-corrected chi connectivity index (χ4v) is 4.21. The summed E-state index contributed by atoms with van der Waals surface area (Å²) in [4.78, 5) is 25.3. The molecule has 6 N–H and O–H groups in total. The number of halogens is 1. The second-order valence-electron chi connectivity index (χ2n) is 8.60. The second-order valence-corrected chi connectivity index (χ2v) is 8.60. The molecule has 0 bridgehead atoms. The largest absolute Gasteiger partial charge is 0.365 e. The fourth-order valence-electron chi connectivity index (χ4n) is 4.21. The molecule has 2 atom stereocenters. The molecule has 32 heavy (non-hydrogen) atoms. The molecule has 1 saturated heterocycles. The molecule has 10 heteroatoms. The van der Waals surface area contributed by atoms with Crippen molar-refractivity contribution in [3.63, 3.8) is 0 Å². The molecule has 2 aromatic heterocycles. The maximum Gasteiger partial charge on any atom is 0.252 e. The number of aromatic nitrogens is 2. The van der Waals surface area contributed by atoms with Crippen LogP contribution in [-0.2, 0) is 0 Å². The zero-order valence-electron chi connectivity index (χ0n) is 18.4. The predicted molar refractivity (Wildman–Crippen MR) is 124 cm³/mol. The van der Waals surface area contributed by atoms with E-state index in [9.17, 15) is 9.18 Å². The van der Waals surface area contributed by atoms with Crippen LogP contribution in [0.25, 0.3) is 0 Å². The van der Waals surface area contributed by atoms with Gasteiger partial charge in [-0.2, -0.15) is 0 Å². The monoisotopic (exact) mass is 442 g/mol. The summed E-state index contributed by atoms with van der Waals surface area (Å²) in [5.41, 5.74) is 12.3. The Morgan fingerprint density at radius 1 is 1.16 bits per heavy atom. The summed E-state index contributed by atoms with van der Waals surface area (Å²) in [5.74, 6) is -0.270. The minimum atomic E-state index is -0.762. The van der Waals surface area contributed by atoms with Crippen LogP contribution in [0, 0.1) is 5.82 Å². The first-order chi connectivity index (χ1) is 15.4. The fraction of sp³-hybridized carbons (Fsp3) is 0.500. The standard InChI is InChI=1S/C22H31FN8O/c1-30-8-10-31(11-9-30)19-7-6-14(13-26-19)27-21-15(20(25)32)12-16(23)22(29-21)28-18-5-3-2-4-17(18)24/h6-7,12-13,17-18H,2-5,8-11,24H2,1H3,(H2,25,32)(H2,27,28,29)/t17-,18?/m0/s1. The topological polar surface area (TPSA) is 125 Å². The highest BCUT2D eigenvalue weighted by atomic mass is 19.1. The number of primary amides is 1. The van der Waals surface area contributed by atoms with Crippen molar-refractivity contribution in [2.24, 2.45) is 11.5 Å². The molecule has 4 rings (SSSR count). The molecule has 0 spiro atoms. The predicted octanol–water partition coefficient (Wildman–Crippen LogP) is 1.89. The molecule has 3 heterocycles. The maximum absolute atomic E-state index is 14.7. The zero-order valence-corrected chi connectivity index (χ0v) is 18.4. The van der Waals surface area contributed by atoms with Gasteiger partial charge in [0.2, 0.25) is 0 Å². The van der Waals surface area contributed by atoms with Gasteiger partial charge >= 0.3 is 0 Å². The summed E-state index contributed by atoms with van der Waals surface area (Å²) in [7, 11) is 2.11. The Labute approximate surface area is 187 Å². The summed E-state index contributed by atoms with van der Waals surface area (Å²) in [6, 6.07) is 4.76. The van der Waals surface area contributed by atoms with Crippen LogP contribution in [0.2, 0.25) is 0 Å². The van der Waals surface area contributed by atoms with E-state index in [1.807, 2.05) is 12.1 Å². The molecule has 172 valence electrons. The van der Waals surface area contributed by atoms with E-state index < -0.39 is 11.7 Å². The maximum atomic E-state index is 14.7. The molecular formula is C22H31FN8O. The van der Waals surface area contributed by atoms with Gasteiger partial charge in [-0.3, -0.25) is 4.79 Å². The van der Waals surface area contributed by atoms with E-state index in [4.69, 9.17) is 11.5 Å². The number of carbonyl (C=O) groups is 1. The van der Waals surface area contributed by atoms with Crippen molar-refractivity contribution in [3.05, 3.63) is 35.8 Å². The van der Waals surface area contributed by atoms with Crippen LogP contribution in [0.15, 0.2) is 24.4 Å². The van der Waals surface area contributed by atoms with Crippen molar-refractivity contribution < 1.29 is 9.18 Å². The lowest BCUT2D eigenvalue weighted by Gasteiger charge is -2.33. The number of rotatable bonds is 6. The summed E-state index contributed by atoms with van der Waals surface area (Å²) in [6.07, 6.45) is 5.51. The van der Waals surface area contributed by atoms with E-state index in [0.717, 1.165) is 63.7 Å². The second kappa shape index (κ2) is 9.66. The summed E-state index contributed by atoms with van der Waals surface area (Å²) >= 11 is 0. The number of nitrogens with zero attached hydrogens (tertiary/aromatic N) is 4. The van der Waals surface area contributed by atoms with Crippen LogP contribution in [0.4, 0.5) is 27.5 Å². The number of likely N-dealkylation sites (N-methyl/N-ethyl adjacent to an activating group) is 1. The Kier molecular flexibility index (Phi) is 6.71. The Balaban J connectivity index is 1.53. The third-order valence-corrected chi connectivity index (χ3v) is 6.22. The van der Waals surface area contributed by atoms with Gasteiger partial charge in [0, 0.05) is 38.3 Å². The number of hydrogen-bond acceptors (Lipinski definition) is 8. The third-order valence-electron chi connectivity index (χ3n) is 6.22. The molecule has 0 aromatic carbocycles. The molecule has 1 amide bonds. The number of anilines is 4. The molecule has 2 fully saturated rings. The lowest BCUT2D eigenvalue weighted by molar-refractivity contribution is 0.100. The van der Waals surface area contributed by atoms with E-state index in [2.05, 4.69) is 37.4 Å². The van der Waals surface area contributed by atoms with E-state index in [1.54, 1.807) is 6.20 Å². The number of hydrogen-bond donors (Lipinski definition) is 4. The normalized spacial score (nSPS) is 21.9. The average molecular weight is 443 g/mol. The van der Waals surface area contributed by atoms with Crippen molar-refractivity contribution >= 4 is 29.0 Å². The molecule has 0 radical (unpaired) electrons. The van der Waals surface area contributed by atoms with Gasteiger partial charge in [0.05, 0.1) is 17.4 Å². The van der Waals surface area contributed by atoms with Crippen LogP contribution >= 0.6 is 0 Å². The molecular weight excluding hydrogens is 411 g/mol. The first-order valence-corrected chi connectivity index (χ1v) is 11.1. The van der Waals surface area contributed by atoms with Crippen molar-refractivity contribution in [2.45, 2.75) is 37.8 Å². The highest BCUT2D eigenvalue weighted by Gasteiger charge is 2.24. The average Bonchev–Trinajstić information content (AvgIpc) is 2.78. The molecule has 2 aromatic rings. The molecule has 1 unspecified atom stereocenters. The lowest BCUT2D eigenvalue weighted by atomic mass is 9.91.